The molecule has 2 N–H and O–H groups in total. The first-order chi connectivity index (χ1) is 8.34. The van der Waals surface area contributed by atoms with Crippen LogP contribution in [0.2, 0.25) is 0 Å². The molecule has 0 saturated carbocycles. The lowest BCUT2D eigenvalue weighted by atomic mass is 10.3. The summed E-state index contributed by atoms with van der Waals surface area (Å²) < 4.78 is 10.1. The predicted molar refractivity (Wildman–Crippen MR) is 60.6 cm³/mol. The molecule has 0 atom stereocenters. The van der Waals surface area contributed by atoms with Crippen LogP contribution in [0.25, 0.3) is 0 Å². The van der Waals surface area contributed by atoms with Crippen LogP contribution in [0.3, 0.4) is 0 Å². The molecule has 1 amide bonds. The number of aromatic nitrogens is 3. The Morgan fingerprint density at radius 1 is 1.41 bits per heavy atom. The van der Waals surface area contributed by atoms with Crippen LogP contribution in [0.4, 0.5) is 0 Å². The fourth-order valence-electron chi connectivity index (χ4n) is 1.18. The molecule has 0 aliphatic rings. The molecule has 0 aromatic carbocycles. The number of nitrogens with one attached hydrogen (secondary N) is 2. The minimum atomic E-state index is -0.209. The van der Waals surface area contributed by atoms with Gasteiger partial charge in [0.25, 0.3) is 5.91 Å². The van der Waals surface area contributed by atoms with Crippen molar-refractivity contribution in [3.63, 3.8) is 0 Å². The van der Waals surface area contributed by atoms with Gasteiger partial charge in [-0.1, -0.05) is 0 Å². The Kier molecular flexibility index (Phi) is 6.92. The average molecular weight is 242 g/mol. The molecular formula is C10H18N4O3. The minimum Gasteiger partial charge on any atom is -0.382 e. The molecule has 0 aliphatic heterocycles. The van der Waals surface area contributed by atoms with E-state index in [0.29, 0.717) is 32.1 Å². The second-order valence-corrected chi connectivity index (χ2v) is 3.42. The Labute approximate surface area is 99.9 Å². The Bertz CT molecular complexity index is 303. The van der Waals surface area contributed by atoms with Gasteiger partial charge in [-0.2, -0.15) is 15.4 Å². The number of carbonyl (C=O) groups excluding carboxylic acids is 1. The lowest BCUT2D eigenvalue weighted by Crippen LogP contribution is -2.25. The number of amides is 1. The van der Waals surface area contributed by atoms with Crippen LogP contribution in [-0.2, 0) is 9.47 Å². The molecule has 1 heterocycles. The van der Waals surface area contributed by atoms with Gasteiger partial charge in [0.05, 0.1) is 19.4 Å². The average Bonchev–Trinajstić information content (AvgIpc) is 2.86. The van der Waals surface area contributed by atoms with E-state index >= 15 is 0 Å². The maximum Gasteiger partial charge on any atom is 0.273 e. The lowest BCUT2D eigenvalue weighted by molar-refractivity contribution is 0.0686. The number of hydrogen-bond acceptors (Lipinski definition) is 5. The summed E-state index contributed by atoms with van der Waals surface area (Å²) in [5.41, 5.74) is 0.307. The van der Waals surface area contributed by atoms with Crippen molar-refractivity contribution in [2.45, 2.75) is 12.8 Å². The van der Waals surface area contributed by atoms with E-state index in [9.17, 15) is 4.79 Å². The van der Waals surface area contributed by atoms with Crippen molar-refractivity contribution in [2.75, 3.05) is 33.5 Å². The summed E-state index contributed by atoms with van der Waals surface area (Å²) >= 11 is 0. The standard InChI is InChI=1S/C10H18N4O3/c1-16-6-7-17-5-3-2-4-11-10(15)9-8-12-14-13-9/h8H,2-7H2,1H3,(H,11,15)(H,12,13,14). The summed E-state index contributed by atoms with van der Waals surface area (Å²) in [5, 5.41) is 12.4. The number of carbonyl (C=O) groups is 1. The molecule has 96 valence electrons. The van der Waals surface area contributed by atoms with Crippen molar-refractivity contribution in [3.8, 4) is 0 Å². The van der Waals surface area contributed by atoms with E-state index in [1.165, 1.54) is 6.20 Å². The molecule has 0 radical (unpaired) electrons. The lowest BCUT2D eigenvalue weighted by Gasteiger charge is -2.04. The minimum absolute atomic E-state index is 0.209. The molecule has 1 aromatic rings. The van der Waals surface area contributed by atoms with Gasteiger partial charge in [-0.3, -0.25) is 4.79 Å². The number of rotatable bonds is 9. The molecule has 7 nitrogen and oxygen atoms in total. The maximum absolute atomic E-state index is 11.4. The maximum atomic E-state index is 11.4. The zero-order valence-electron chi connectivity index (χ0n) is 9.94. The summed E-state index contributed by atoms with van der Waals surface area (Å²) in [5.74, 6) is -0.209. The molecule has 0 saturated heterocycles. The van der Waals surface area contributed by atoms with E-state index in [1.54, 1.807) is 7.11 Å². The highest BCUT2D eigenvalue weighted by molar-refractivity contribution is 5.91. The van der Waals surface area contributed by atoms with E-state index in [1.807, 2.05) is 0 Å². The first kappa shape index (κ1) is 13.6. The van der Waals surface area contributed by atoms with Crippen LogP contribution >= 0.6 is 0 Å². The number of aromatic amines is 1. The molecular weight excluding hydrogens is 224 g/mol. The van der Waals surface area contributed by atoms with E-state index in [4.69, 9.17) is 9.47 Å². The molecule has 1 rings (SSSR count). The SMILES string of the molecule is COCCOCCCCNC(=O)c1cn[nH]n1. The molecule has 0 aliphatic carbocycles. The van der Waals surface area contributed by atoms with Gasteiger partial charge >= 0.3 is 0 Å². The molecule has 0 spiro atoms. The number of unbranched alkanes of at least 4 members (excludes halogenated alkanes) is 1. The quantitative estimate of drug-likeness (QED) is 0.594. The van der Waals surface area contributed by atoms with Crippen molar-refractivity contribution < 1.29 is 14.3 Å². The molecule has 17 heavy (non-hydrogen) atoms. The van der Waals surface area contributed by atoms with Gasteiger partial charge < -0.3 is 14.8 Å². The summed E-state index contributed by atoms with van der Waals surface area (Å²) in [4.78, 5) is 11.4. The highest BCUT2D eigenvalue weighted by atomic mass is 16.5. The number of ether oxygens (including phenoxy) is 2. The first-order valence-electron chi connectivity index (χ1n) is 5.55. The van der Waals surface area contributed by atoms with Crippen LogP contribution in [0.15, 0.2) is 6.20 Å². The van der Waals surface area contributed by atoms with Crippen LogP contribution < -0.4 is 5.32 Å². The Morgan fingerprint density at radius 2 is 2.29 bits per heavy atom. The van der Waals surface area contributed by atoms with Gasteiger partial charge in [0.15, 0.2) is 5.69 Å². The second kappa shape index (κ2) is 8.66. The van der Waals surface area contributed by atoms with Crippen LogP contribution in [0.5, 0.6) is 0 Å². The Morgan fingerprint density at radius 3 is 3.00 bits per heavy atom. The zero-order chi connectivity index (χ0) is 12.3. The van der Waals surface area contributed by atoms with Crippen molar-refractivity contribution in [3.05, 3.63) is 11.9 Å². The van der Waals surface area contributed by atoms with E-state index < -0.39 is 0 Å². The van der Waals surface area contributed by atoms with Crippen LogP contribution in [0.1, 0.15) is 23.3 Å². The van der Waals surface area contributed by atoms with E-state index in [0.717, 1.165) is 12.8 Å². The highest BCUT2D eigenvalue weighted by Gasteiger charge is 2.06. The topological polar surface area (TPSA) is 89.1 Å². The third-order valence-corrected chi connectivity index (χ3v) is 2.08. The third-order valence-electron chi connectivity index (χ3n) is 2.08. The monoisotopic (exact) mass is 242 g/mol. The van der Waals surface area contributed by atoms with Crippen LogP contribution in [0, 0.1) is 0 Å². The highest BCUT2D eigenvalue weighted by Crippen LogP contribution is 1.91. The number of methoxy groups -OCH3 is 1. The normalized spacial score (nSPS) is 10.4. The van der Waals surface area contributed by atoms with Crippen LogP contribution in [-0.4, -0.2) is 54.8 Å². The van der Waals surface area contributed by atoms with Crippen molar-refractivity contribution >= 4 is 5.91 Å². The molecule has 7 heteroatoms. The summed E-state index contributed by atoms with van der Waals surface area (Å²) in [6, 6.07) is 0. The van der Waals surface area contributed by atoms with Gasteiger partial charge in [-0.15, -0.1) is 0 Å². The molecule has 1 aromatic heterocycles. The van der Waals surface area contributed by atoms with Crippen molar-refractivity contribution in [1.29, 1.82) is 0 Å². The third kappa shape index (κ3) is 5.98. The Hall–Kier alpha value is -1.47. The fourth-order valence-corrected chi connectivity index (χ4v) is 1.18. The van der Waals surface area contributed by atoms with Crippen molar-refractivity contribution in [1.82, 2.24) is 20.7 Å². The fraction of sp³-hybridized carbons (Fsp3) is 0.700. The molecule has 0 bridgehead atoms. The van der Waals surface area contributed by atoms with Gasteiger partial charge in [0, 0.05) is 20.3 Å². The summed E-state index contributed by atoms with van der Waals surface area (Å²) in [6.07, 6.45) is 3.17. The number of hydrogen-bond donors (Lipinski definition) is 2. The smallest absolute Gasteiger partial charge is 0.273 e. The zero-order valence-corrected chi connectivity index (χ0v) is 9.94. The van der Waals surface area contributed by atoms with Gasteiger partial charge in [-0.25, -0.2) is 0 Å². The molecule has 0 unspecified atom stereocenters. The number of H-pyrrole nitrogens is 1. The number of nitrogens with zero attached hydrogens (tertiary/aromatic N) is 2. The van der Waals surface area contributed by atoms with E-state index in [-0.39, 0.29) is 5.91 Å². The Balaban J connectivity index is 1.92. The summed E-state index contributed by atoms with van der Waals surface area (Å²) in [7, 11) is 1.64. The van der Waals surface area contributed by atoms with Crippen molar-refractivity contribution in [2.24, 2.45) is 0 Å². The van der Waals surface area contributed by atoms with E-state index in [2.05, 4.69) is 20.7 Å². The predicted octanol–water partition coefficient (Wildman–Crippen LogP) is -0.0223. The van der Waals surface area contributed by atoms with Gasteiger partial charge in [0.1, 0.15) is 0 Å². The first-order valence-corrected chi connectivity index (χ1v) is 5.55. The van der Waals surface area contributed by atoms with Gasteiger partial charge in [-0.05, 0) is 12.8 Å². The largest absolute Gasteiger partial charge is 0.382 e. The second-order valence-electron chi connectivity index (χ2n) is 3.42. The molecule has 0 fully saturated rings. The summed E-state index contributed by atoms with van der Waals surface area (Å²) in [6.45, 7) is 2.52. The van der Waals surface area contributed by atoms with Gasteiger partial charge in [0.2, 0.25) is 0 Å².